The second-order valence-electron chi connectivity index (χ2n) is 4.95. The van der Waals surface area contributed by atoms with Crippen LogP contribution >= 0.6 is 27.5 Å². The van der Waals surface area contributed by atoms with E-state index in [9.17, 15) is 0 Å². The Bertz CT molecular complexity index is 622. The van der Waals surface area contributed by atoms with Gasteiger partial charge >= 0.3 is 0 Å². The standard InChI is InChI=1S/C15H19BrClN3/c1-4-13-15(16)14(20(3)19-13)8-12(18)10-6-5-7-11(17)9(10)2/h5-7,12H,4,8,18H2,1-3H3. The van der Waals surface area contributed by atoms with Gasteiger partial charge in [-0.3, -0.25) is 4.68 Å². The van der Waals surface area contributed by atoms with Crippen LogP contribution in [0.1, 0.15) is 35.5 Å². The second-order valence-corrected chi connectivity index (χ2v) is 6.15. The highest BCUT2D eigenvalue weighted by Gasteiger charge is 2.18. The monoisotopic (exact) mass is 355 g/mol. The summed E-state index contributed by atoms with van der Waals surface area (Å²) in [5.41, 5.74) is 10.7. The van der Waals surface area contributed by atoms with E-state index in [-0.39, 0.29) is 6.04 Å². The topological polar surface area (TPSA) is 43.8 Å². The molecule has 0 bridgehead atoms. The summed E-state index contributed by atoms with van der Waals surface area (Å²) in [7, 11) is 1.96. The van der Waals surface area contributed by atoms with E-state index >= 15 is 0 Å². The van der Waals surface area contributed by atoms with Crippen molar-refractivity contribution in [3.63, 3.8) is 0 Å². The first-order valence-electron chi connectivity index (χ1n) is 6.66. The normalized spacial score (nSPS) is 12.7. The van der Waals surface area contributed by atoms with Gasteiger partial charge in [0.1, 0.15) is 0 Å². The largest absolute Gasteiger partial charge is 0.324 e. The van der Waals surface area contributed by atoms with Gasteiger partial charge in [-0.15, -0.1) is 0 Å². The molecule has 20 heavy (non-hydrogen) atoms. The Balaban J connectivity index is 2.30. The molecule has 1 atom stereocenters. The number of nitrogens with zero attached hydrogens (tertiary/aromatic N) is 2. The van der Waals surface area contributed by atoms with Crippen molar-refractivity contribution in [2.75, 3.05) is 0 Å². The minimum Gasteiger partial charge on any atom is -0.324 e. The van der Waals surface area contributed by atoms with E-state index in [1.54, 1.807) is 0 Å². The first-order valence-corrected chi connectivity index (χ1v) is 7.83. The van der Waals surface area contributed by atoms with Crippen LogP contribution in [0.3, 0.4) is 0 Å². The van der Waals surface area contributed by atoms with Gasteiger partial charge in [0.05, 0.1) is 15.9 Å². The zero-order valence-electron chi connectivity index (χ0n) is 12.0. The SMILES string of the molecule is CCc1nn(C)c(CC(N)c2cccc(Cl)c2C)c1Br. The second kappa shape index (κ2) is 6.29. The number of nitrogens with two attached hydrogens (primary N) is 1. The van der Waals surface area contributed by atoms with Gasteiger partial charge in [-0.05, 0) is 46.5 Å². The van der Waals surface area contributed by atoms with Crippen LogP contribution in [0.4, 0.5) is 0 Å². The third-order valence-electron chi connectivity index (χ3n) is 3.63. The lowest BCUT2D eigenvalue weighted by molar-refractivity contribution is 0.635. The van der Waals surface area contributed by atoms with Crippen LogP contribution in [0.5, 0.6) is 0 Å². The fourth-order valence-corrected chi connectivity index (χ4v) is 3.35. The van der Waals surface area contributed by atoms with Gasteiger partial charge in [-0.25, -0.2) is 0 Å². The molecule has 0 spiro atoms. The zero-order valence-corrected chi connectivity index (χ0v) is 14.3. The summed E-state index contributed by atoms with van der Waals surface area (Å²) >= 11 is 9.80. The zero-order chi connectivity index (χ0) is 14.9. The van der Waals surface area contributed by atoms with Crippen LogP contribution in [0.15, 0.2) is 22.7 Å². The fourth-order valence-electron chi connectivity index (χ4n) is 2.39. The number of aromatic nitrogens is 2. The molecule has 0 amide bonds. The van der Waals surface area contributed by atoms with Crippen molar-refractivity contribution in [1.29, 1.82) is 0 Å². The maximum Gasteiger partial charge on any atom is 0.0766 e. The van der Waals surface area contributed by atoms with Gasteiger partial charge in [0.15, 0.2) is 0 Å². The molecule has 5 heteroatoms. The Labute approximate surface area is 133 Å². The Kier molecular flexibility index (Phi) is 4.89. The quantitative estimate of drug-likeness (QED) is 0.901. The number of rotatable bonds is 4. The van der Waals surface area contributed by atoms with Crippen molar-refractivity contribution in [1.82, 2.24) is 9.78 Å². The number of halogens is 2. The maximum atomic E-state index is 6.36. The summed E-state index contributed by atoms with van der Waals surface area (Å²) in [5.74, 6) is 0. The highest BCUT2D eigenvalue weighted by atomic mass is 79.9. The van der Waals surface area contributed by atoms with Crippen LogP contribution in [-0.4, -0.2) is 9.78 Å². The molecule has 0 aliphatic rings. The van der Waals surface area contributed by atoms with Gasteiger partial charge in [-0.1, -0.05) is 30.7 Å². The van der Waals surface area contributed by atoms with Crippen molar-refractivity contribution >= 4 is 27.5 Å². The highest BCUT2D eigenvalue weighted by molar-refractivity contribution is 9.10. The summed E-state index contributed by atoms with van der Waals surface area (Å²) < 4.78 is 2.97. The Hall–Kier alpha value is -0.840. The molecule has 0 fully saturated rings. The third-order valence-corrected chi connectivity index (χ3v) is 4.95. The molecule has 1 aromatic carbocycles. The Morgan fingerprint density at radius 1 is 1.45 bits per heavy atom. The summed E-state index contributed by atoms with van der Waals surface area (Å²) in [6, 6.07) is 5.78. The molecule has 0 aliphatic carbocycles. The molecule has 3 nitrogen and oxygen atoms in total. The van der Waals surface area contributed by atoms with Crippen molar-refractivity contribution in [3.8, 4) is 0 Å². The molecular formula is C15H19BrClN3. The van der Waals surface area contributed by atoms with Crippen molar-refractivity contribution < 1.29 is 0 Å². The highest BCUT2D eigenvalue weighted by Crippen LogP contribution is 2.28. The van der Waals surface area contributed by atoms with E-state index in [1.807, 2.05) is 36.9 Å². The molecule has 1 unspecified atom stereocenters. The van der Waals surface area contributed by atoms with E-state index in [0.29, 0.717) is 0 Å². The molecule has 2 N–H and O–H groups in total. The minimum absolute atomic E-state index is 0.0925. The van der Waals surface area contributed by atoms with E-state index in [1.165, 1.54) is 0 Å². The molecular weight excluding hydrogens is 338 g/mol. The van der Waals surface area contributed by atoms with Crippen LogP contribution < -0.4 is 5.73 Å². The van der Waals surface area contributed by atoms with Crippen LogP contribution in [0, 0.1) is 6.92 Å². The van der Waals surface area contributed by atoms with E-state index in [4.69, 9.17) is 17.3 Å². The van der Waals surface area contributed by atoms with Crippen molar-refractivity contribution in [2.45, 2.75) is 32.7 Å². The van der Waals surface area contributed by atoms with E-state index in [2.05, 4.69) is 28.0 Å². The van der Waals surface area contributed by atoms with Crippen LogP contribution in [0.25, 0.3) is 0 Å². The third kappa shape index (κ3) is 2.92. The van der Waals surface area contributed by atoms with Gasteiger partial charge in [0, 0.05) is 24.5 Å². The Morgan fingerprint density at radius 2 is 2.15 bits per heavy atom. The van der Waals surface area contributed by atoms with Gasteiger partial charge < -0.3 is 5.73 Å². The predicted octanol–water partition coefficient (Wildman–Crippen LogP) is 3.95. The van der Waals surface area contributed by atoms with Gasteiger partial charge in [0.25, 0.3) is 0 Å². The van der Waals surface area contributed by atoms with E-state index < -0.39 is 0 Å². The summed E-state index contributed by atoms with van der Waals surface area (Å²) in [6.07, 6.45) is 1.63. The average Bonchev–Trinajstić information content (AvgIpc) is 2.69. The molecule has 2 rings (SSSR count). The molecule has 0 aliphatic heterocycles. The fraction of sp³-hybridized carbons (Fsp3) is 0.400. The van der Waals surface area contributed by atoms with Gasteiger partial charge in [0.2, 0.25) is 0 Å². The van der Waals surface area contributed by atoms with Crippen LogP contribution in [0.2, 0.25) is 5.02 Å². The minimum atomic E-state index is -0.0925. The van der Waals surface area contributed by atoms with Crippen molar-refractivity contribution in [2.24, 2.45) is 12.8 Å². The molecule has 0 radical (unpaired) electrons. The molecule has 2 aromatic rings. The summed E-state index contributed by atoms with van der Waals surface area (Å²) in [6.45, 7) is 4.10. The molecule has 1 aromatic heterocycles. The van der Waals surface area contributed by atoms with Gasteiger partial charge in [-0.2, -0.15) is 5.10 Å². The Morgan fingerprint density at radius 3 is 2.75 bits per heavy atom. The van der Waals surface area contributed by atoms with Crippen molar-refractivity contribution in [3.05, 3.63) is 50.2 Å². The molecule has 0 saturated carbocycles. The molecule has 108 valence electrons. The number of hydrogen-bond donors (Lipinski definition) is 1. The first kappa shape index (κ1) is 15.5. The lowest BCUT2D eigenvalue weighted by Crippen LogP contribution is -2.17. The number of aryl methyl sites for hydroxylation is 2. The summed E-state index contributed by atoms with van der Waals surface area (Å²) in [5, 5.41) is 5.26. The van der Waals surface area contributed by atoms with Crippen LogP contribution in [-0.2, 0) is 19.9 Å². The van der Waals surface area contributed by atoms with E-state index in [0.717, 1.165) is 44.9 Å². The predicted molar refractivity (Wildman–Crippen MR) is 87.1 cm³/mol. The first-order chi connectivity index (χ1) is 9.45. The summed E-state index contributed by atoms with van der Waals surface area (Å²) in [4.78, 5) is 0. The smallest absolute Gasteiger partial charge is 0.0766 e. The lowest BCUT2D eigenvalue weighted by atomic mass is 9.98. The molecule has 0 saturated heterocycles. The lowest BCUT2D eigenvalue weighted by Gasteiger charge is -2.16. The number of benzene rings is 1. The maximum absolute atomic E-state index is 6.36. The number of hydrogen-bond acceptors (Lipinski definition) is 2. The average molecular weight is 357 g/mol. The molecule has 1 heterocycles.